The van der Waals surface area contributed by atoms with Crippen molar-refractivity contribution in [3.63, 3.8) is 0 Å². The molecule has 1 aromatic heterocycles. The van der Waals surface area contributed by atoms with Crippen molar-refractivity contribution in [3.05, 3.63) is 16.6 Å². The highest BCUT2D eigenvalue weighted by atomic mass is 32.1. The Labute approximate surface area is 58.2 Å². The first-order valence-electron chi connectivity index (χ1n) is 2.65. The molecule has 0 aliphatic heterocycles. The average molecular weight is 142 g/mol. The topological polar surface area (TPSA) is 33.1 Å². The Hall–Kier alpha value is -0.410. The van der Waals surface area contributed by atoms with Gasteiger partial charge >= 0.3 is 0 Å². The second-order valence-corrected chi connectivity index (χ2v) is 3.17. The van der Waals surface area contributed by atoms with E-state index in [0.717, 1.165) is 0 Å². The summed E-state index contributed by atoms with van der Waals surface area (Å²) in [6.07, 6.45) is 1.57. The zero-order chi connectivity index (χ0) is 6.91. The fourth-order valence-corrected chi connectivity index (χ4v) is 1.05. The van der Waals surface area contributed by atoms with Gasteiger partial charge in [0, 0.05) is 6.20 Å². The van der Waals surface area contributed by atoms with E-state index in [1.807, 2.05) is 0 Å². The van der Waals surface area contributed by atoms with Crippen molar-refractivity contribution in [2.45, 2.75) is 19.4 Å². The summed E-state index contributed by atoms with van der Waals surface area (Å²) in [7, 11) is 0. The van der Waals surface area contributed by atoms with Crippen LogP contribution in [0.1, 0.15) is 18.9 Å². The van der Waals surface area contributed by atoms with Gasteiger partial charge < -0.3 is 5.11 Å². The maximum Gasteiger partial charge on any atom is 0.124 e. The van der Waals surface area contributed by atoms with Crippen molar-refractivity contribution in [3.8, 4) is 0 Å². The van der Waals surface area contributed by atoms with Crippen LogP contribution in [0.15, 0.2) is 6.20 Å². The molecule has 0 aliphatic carbocycles. The zero-order valence-electron chi connectivity index (χ0n) is 5.38. The molecule has 0 amide bonds. The summed E-state index contributed by atoms with van der Waals surface area (Å²) in [6.45, 7) is 3.42. The molecule has 0 aromatic carbocycles. The standard InChI is InChI=1S/C6H8NOS/c1-6(2,8)5-7-3-4-9-5/h3,8H,1-2H3. The van der Waals surface area contributed by atoms with Gasteiger partial charge in [0.25, 0.3) is 0 Å². The number of nitrogens with zero attached hydrogens (tertiary/aromatic N) is 1. The number of rotatable bonds is 1. The first-order chi connectivity index (χ1) is 4.11. The van der Waals surface area contributed by atoms with E-state index in [-0.39, 0.29) is 0 Å². The van der Waals surface area contributed by atoms with E-state index in [9.17, 15) is 5.11 Å². The van der Waals surface area contributed by atoms with Crippen LogP contribution in [0.3, 0.4) is 0 Å². The molecule has 0 saturated heterocycles. The molecule has 0 bridgehead atoms. The van der Waals surface area contributed by atoms with E-state index in [1.54, 1.807) is 20.0 Å². The Bertz CT molecular complexity index is 175. The maximum absolute atomic E-state index is 9.31. The van der Waals surface area contributed by atoms with E-state index in [0.29, 0.717) is 5.01 Å². The zero-order valence-corrected chi connectivity index (χ0v) is 6.20. The lowest BCUT2D eigenvalue weighted by atomic mass is 10.2. The third-order valence-corrected chi connectivity index (χ3v) is 1.94. The predicted molar refractivity (Wildman–Crippen MR) is 36.2 cm³/mol. The van der Waals surface area contributed by atoms with Crippen LogP contribution < -0.4 is 0 Å². The monoisotopic (exact) mass is 142 g/mol. The van der Waals surface area contributed by atoms with E-state index < -0.39 is 5.60 Å². The van der Waals surface area contributed by atoms with Crippen LogP contribution in [0.5, 0.6) is 0 Å². The van der Waals surface area contributed by atoms with Gasteiger partial charge in [0.15, 0.2) is 0 Å². The van der Waals surface area contributed by atoms with Gasteiger partial charge in [0.2, 0.25) is 0 Å². The summed E-state index contributed by atoms with van der Waals surface area (Å²) in [5.74, 6) is 0. The smallest absolute Gasteiger partial charge is 0.124 e. The molecule has 1 radical (unpaired) electrons. The van der Waals surface area contributed by atoms with E-state index in [2.05, 4.69) is 10.4 Å². The van der Waals surface area contributed by atoms with Crippen LogP contribution in [0.25, 0.3) is 0 Å². The average Bonchev–Trinajstić information content (AvgIpc) is 2.08. The van der Waals surface area contributed by atoms with E-state index in [1.165, 1.54) is 11.3 Å². The van der Waals surface area contributed by atoms with Gasteiger partial charge in [0.1, 0.15) is 10.6 Å². The van der Waals surface area contributed by atoms with Crippen LogP contribution in [-0.2, 0) is 5.60 Å². The molecule has 0 atom stereocenters. The number of thiazole rings is 1. The highest BCUT2D eigenvalue weighted by Gasteiger charge is 2.17. The van der Waals surface area contributed by atoms with Crippen molar-refractivity contribution in [1.82, 2.24) is 4.98 Å². The molecule has 0 aliphatic rings. The summed E-state index contributed by atoms with van der Waals surface area (Å²) in [6, 6.07) is 0. The van der Waals surface area contributed by atoms with Crippen LogP contribution in [-0.4, -0.2) is 10.1 Å². The normalized spacial score (nSPS) is 11.9. The van der Waals surface area contributed by atoms with Gasteiger partial charge in [0.05, 0.1) is 5.38 Å². The molecule has 0 spiro atoms. The van der Waals surface area contributed by atoms with E-state index in [4.69, 9.17) is 0 Å². The van der Waals surface area contributed by atoms with Crippen LogP contribution in [0.2, 0.25) is 0 Å². The fourth-order valence-electron chi connectivity index (χ4n) is 0.476. The van der Waals surface area contributed by atoms with Gasteiger partial charge in [-0.15, -0.1) is 11.3 Å². The summed E-state index contributed by atoms with van der Waals surface area (Å²) < 4.78 is 0. The molecule has 0 unspecified atom stereocenters. The predicted octanol–water partition coefficient (Wildman–Crippen LogP) is 1.17. The minimum atomic E-state index is -0.801. The molecule has 1 heterocycles. The third-order valence-electron chi connectivity index (χ3n) is 0.913. The van der Waals surface area contributed by atoms with Gasteiger partial charge in [-0.1, -0.05) is 0 Å². The highest BCUT2D eigenvalue weighted by molar-refractivity contribution is 7.09. The molecule has 1 aromatic rings. The molecular formula is C6H8NOS. The Morgan fingerprint density at radius 3 is 2.67 bits per heavy atom. The van der Waals surface area contributed by atoms with Crippen molar-refractivity contribution >= 4 is 11.3 Å². The quantitative estimate of drug-likeness (QED) is 0.638. The molecule has 0 saturated carbocycles. The molecule has 0 fully saturated rings. The Morgan fingerprint density at radius 2 is 2.44 bits per heavy atom. The number of aliphatic hydroxyl groups is 1. The number of aromatic nitrogens is 1. The third kappa shape index (κ3) is 1.50. The largest absolute Gasteiger partial charge is 0.383 e. The Kier molecular flexibility index (Phi) is 1.55. The minimum Gasteiger partial charge on any atom is -0.383 e. The summed E-state index contributed by atoms with van der Waals surface area (Å²) in [4.78, 5) is 3.90. The molecule has 1 rings (SSSR count). The van der Waals surface area contributed by atoms with Gasteiger partial charge in [-0.2, -0.15) is 0 Å². The first-order valence-corrected chi connectivity index (χ1v) is 3.47. The second kappa shape index (κ2) is 2.08. The fraction of sp³-hybridized carbons (Fsp3) is 0.500. The first kappa shape index (κ1) is 6.71. The van der Waals surface area contributed by atoms with Gasteiger partial charge in [-0.05, 0) is 13.8 Å². The molecule has 9 heavy (non-hydrogen) atoms. The minimum absolute atomic E-state index is 0.711. The van der Waals surface area contributed by atoms with Crippen LogP contribution in [0, 0.1) is 5.38 Å². The summed E-state index contributed by atoms with van der Waals surface area (Å²) in [5.41, 5.74) is -0.801. The van der Waals surface area contributed by atoms with Gasteiger partial charge in [-0.25, -0.2) is 4.98 Å². The SMILES string of the molecule is CC(C)(O)c1nc[c]s1. The summed E-state index contributed by atoms with van der Waals surface area (Å²) in [5, 5.41) is 12.8. The van der Waals surface area contributed by atoms with Crippen molar-refractivity contribution in [2.24, 2.45) is 0 Å². The highest BCUT2D eigenvalue weighted by Crippen LogP contribution is 2.20. The lowest BCUT2D eigenvalue weighted by molar-refractivity contribution is 0.0783. The Morgan fingerprint density at radius 1 is 1.78 bits per heavy atom. The molecular weight excluding hydrogens is 134 g/mol. The molecule has 1 N–H and O–H groups in total. The lowest BCUT2D eigenvalue weighted by Crippen LogP contribution is -2.14. The summed E-state index contributed by atoms with van der Waals surface area (Å²) >= 11 is 1.34. The maximum atomic E-state index is 9.31. The lowest BCUT2D eigenvalue weighted by Gasteiger charge is -2.11. The molecule has 49 valence electrons. The van der Waals surface area contributed by atoms with E-state index >= 15 is 0 Å². The molecule has 3 heteroatoms. The van der Waals surface area contributed by atoms with Gasteiger partial charge in [-0.3, -0.25) is 0 Å². The van der Waals surface area contributed by atoms with Crippen LogP contribution in [0.4, 0.5) is 0 Å². The van der Waals surface area contributed by atoms with Crippen molar-refractivity contribution in [2.75, 3.05) is 0 Å². The van der Waals surface area contributed by atoms with Crippen molar-refractivity contribution in [1.29, 1.82) is 0 Å². The number of hydrogen-bond acceptors (Lipinski definition) is 3. The van der Waals surface area contributed by atoms with Crippen LogP contribution >= 0.6 is 11.3 Å². The molecule has 2 nitrogen and oxygen atoms in total. The number of hydrogen-bond donors (Lipinski definition) is 1. The Balaban J connectivity index is 2.90. The van der Waals surface area contributed by atoms with Crippen molar-refractivity contribution < 1.29 is 5.11 Å². The second-order valence-electron chi connectivity index (χ2n) is 2.34.